The highest BCUT2D eigenvalue weighted by atomic mass is 32.2. The second-order valence-electron chi connectivity index (χ2n) is 8.90. The number of fused-ring (bicyclic) bond motifs is 1. The van der Waals surface area contributed by atoms with Crippen molar-refractivity contribution in [1.29, 1.82) is 0 Å². The molecule has 31 heavy (non-hydrogen) atoms. The molecular formula is C25H36O4S2. The first-order valence-corrected chi connectivity index (χ1v) is 13.5. The van der Waals surface area contributed by atoms with E-state index in [1.807, 2.05) is 61.2 Å². The van der Waals surface area contributed by atoms with Gasteiger partial charge >= 0.3 is 5.97 Å². The minimum absolute atomic E-state index is 0.113. The van der Waals surface area contributed by atoms with Crippen LogP contribution < -0.4 is 0 Å². The molecule has 2 aliphatic rings. The second-order valence-corrected chi connectivity index (χ2v) is 11.5. The lowest BCUT2D eigenvalue weighted by Crippen LogP contribution is -2.27. The highest BCUT2D eigenvalue weighted by molar-refractivity contribution is 8.00. The number of carbonyl (C=O) groups is 1. The molecule has 0 bridgehead atoms. The number of carboxylic acid groups (broad SMARTS) is 1. The largest absolute Gasteiger partial charge is 0.481 e. The SMILES string of the molecule is CCCC(CC[C@H]1CC[C@@H]2[C@@H](C=C[C@@H](O)CSc3ccccc3)[C@H](O)C[C@@H]2S1)C(=O)O. The Hall–Kier alpha value is -0.950. The Balaban J connectivity index is 1.46. The van der Waals surface area contributed by atoms with Gasteiger partial charge in [0.2, 0.25) is 0 Å². The van der Waals surface area contributed by atoms with E-state index in [1.54, 1.807) is 11.8 Å². The van der Waals surface area contributed by atoms with E-state index in [1.165, 1.54) is 0 Å². The fraction of sp³-hybridized carbons (Fsp3) is 0.640. The van der Waals surface area contributed by atoms with E-state index in [0.717, 1.165) is 49.8 Å². The van der Waals surface area contributed by atoms with Gasteiger partial charge in [-0.25, -0.2) is 0 Å². The standard InChI is InChI=1S/C25H36O4S2/c1-2-6-17(25(28)29)9-11-20-12-14-22-21(23(27)15-24(22)31-20)13-10-18(26)16-30-19-7-4-3-5-8-19/h3-5,7-8,10,13,17-18,20-24,26-27H,2,6,9,11-12,14-16H2,1H3,(H,28,29)/t17?,18-,20+,21-,22-,23-,24+/m1/s1. The molecule has 4 nitrogen and oxygen atoms in total. The Kier molecular flexibility index (Phi) is 9.82. The summed E-state index contributed by atoms with van der Waals surface area (Å²) in [5.41, 5.74) is 0. The zero-order chi connectivity index (χ0) is 22.2. The molecule has 1 heterocycles. The minimum Gasteiger partial charge on any atom is -0.481 e. The molecule has 1 aliphatic heterocycles. The van der Waals surface area contributed by atoms with E-state index >= 15 is 0 Å². The zero-order valence-electron chi connectivity index (χ0n) is 18.3. The van der Waals surface area contributed by atoms with Crippen molar-refractivity contribution in [3.8, 4) is 0 Å². The van der Waals surface area contributed by atoms with Crippen LogP contribution >= 0.6 is 23.5 Å². The van der Waals surface area contributed by atoms with Gasteiger partial charge < -0.3 is 15.3 Å². The lowest BCUT2D eigenvalue weighted by atomic mass is 9.87. The van der Waals surface area contributed by atoms with Crippen molar-refractivity contribution in [3.05, 3.63) is 42.5 Å². The molecule has 6 heteroatoms. The van der Waals surface area contributed by atoms with Crippen LogP contribution in [-0.2, 0) is 4.79 Å². The summed E-state index contributed by atoms with van der Waals surface area (Å²) in [6.07, 6.45) is 9.40. The molecule has 7 atom stereocenters. The van der Waals surface area contributed by atoms with Crippen molar-refractivity contribution in [3.63, 3.8) is 0 Å². The molecule has 0 amide bonds. The summed E-state index contributed by atoms with van der Waals surface area (Å²) in [5, 5.41) is 31.4. The predicted molar refractivity (Wildman–Crippen MR) is 130 cm³/mol. The molecular weight excluding hydrogens is 428 g/mol. The van der Waals surface area contributed by atoms with E-state index < -0.39 is 12.1 Å². The first-order valence-electron chi connectivity index (χ1n) is 11.6. The molecule has 172 valence electrons. The third-order valence-corrected chi connectivity index (χ3v) is 9.48. The monoisotopic (exact) mass is 464 g/mol. The lowest BCUT2D eigenvalue weighted by molar-refractivity contribution is -0.142. The van der Waals surface area contributed by atoms with E-state index in [0.29, 0.717) is 22.2 Å². The van der Waals surface area contributed by atoms with Crippen molar-refractivity contribution >= 4 is 29.5 Å². The van der Waals surface area contributed by atoms with E-state index in [2.05, 4.69) is 0 Å². The van der Waals surface area contributed by atoms with Gasteiger partial charge in [0.05, 0.1) is 18.1 Å². The lowest BCUT2D eigenvalue weighted by Gasteiger charge is -2.33. The molecule has 3 rings (SSSR count). The molecule has 0 aromatic heterocycles. The van der Waals surface area contributed by atoms with Crippen LogP contribution in [0.1, 0.15) is 51.9 Å². The first kappa shape index (κ1) is 24.7. The van der Waals surface area contributed by atoms with Crippen molar-refractivity contribution in [2.75, 3.05) is 5.75 Å². The van der Waals surface area contributed by atoms with Gasteiger partial charge in [0.25, 0.3) is 0 Å². The van der Waals surface area contributed by atoms with E-state index in [-0.39, 0.29) is 17.9 Å². The smallest absolute Gasteiger partial charge is 0.306 e. The number of benzene rings is 1. The molecule has 3 N–H and O–H groups in total. The van der Waals surface area contributed by atoms with Crippen LogP contribution in [0.5, 0.6) is 0 Å². The number of carboxylic acids is 1. The second kappa shape index (κ2) is 12.3. The van der Waals surface area contributed by atoms with Crippen molar-refractivity contribution in [2.45, 2.75) is 79.5 Å². The number of aliphatic carboxylic acids is 1. The van der Waals surface area contributed by atoms with Crippen molar-refractivity contribution < 1.29 is 20.1 Å². The summed E-state index contributed by atoms with van der Waals surface area (Å²) in [6, 6.07) is 10.1. The molecule has 2 fully saturated rings. The van der Waals surface area contributed by atoms with Crippen LogP contribution in [0.15, 0.2) is 47.4 Å². The van der Waals surface area contributed by atoms with Crippen LogP contribution in [0.25, 0.3) is 0 Å². The summed E-state index contributed by atoms with van der Waals surface area (Å²) in [7, 11) is 0. The first-order chi connectivity index (χ1) is 15.0. The van der Waals surface area contributed by atoms with Crippen LogP contribution in [0.4, 0.5) is 0 Å². The van der Waals surface area contributed by atoms with Crippen LogP contribution in [-0.4, -0.2) is 49.7 Å². The average Bonchev–Trinajstić information content (AvgIpc) is 3.08. The molecule has 1 unspecified atom stereocenters. The summed E-state index contributed by atoms with van der Waals surface area (Å²) in [5.74, 6) is 0.292. The van der Waals surface area contributed by atoms with Gasteiger partial charge in [0.15, 0.2) is 0 Å². The fourth-order valence-electron chi connectivity index (χ4n) is 4.95. The third kappa shape index (κ3) is 7.28. The number of rotatable bonds is 11. The predicted octanol–water partition coefficient (Wildman–Crippen LogP) is 5.24. The van der Waals surface area contributed by atoms with E-state index in [4.69, 9.17) is 0 Å². The molecule has 1 saturated heterocycles. The molecule has 1 aliphatic carbocycles. The Bertz CT molecular complexity index is 711. The summed E-state index contributed by atoms with van der Waals surface area (Å²) in [6.45, 7) is 2.04. The normalized spacial score (nSPS) is 30.2. The van der Waals surface area contributed by atoms with Crippen molar-refractivity contribution in [1.82, 2.24) is 0 Å². The highest BCUT2D eigenvalue weighted by Crippen LogP contribution is 2.50. The Morgan fingerprint density at radius 2 is 2.03 bits per heavy atom. The van der Waals surface area contributed by atoms with Gasteiger partial charge in [-0.15, -0.1) is 11.8 Å². The molecule has 0 spiro atoms. The van der Waals surface area contributed by atoms with Gasteiger partial charge in [0, 0.05) is 27.1 Å². The average molecular weight is 465 g/mol. The van der Waals surface area contributed by atoms with Crippen LogP contribution in [0, 0.1) is 17.8 Å². The number of hydrogen-bond acceptors (Lipinski definition) is 5. The van der Waals surface area contributed by atoms with Gasteiger partial charge in [0.1, 0.15) is 0 Å². The van der Waals surface area contributed by atoms with Gasteiger partial charge in [-0.05, 0) is 56.6 Å². The molecule has 1 aromatic rings. The zero-order valence-corrected chi connectivity index (χ0v) is 19.9. The third-order valence-electron chi connectivity index (χ3n) is 6.62. The molecule has 1 aromatic carbocycles. The Morgan fingerprint density at radius 1 is 1.26 bits per heavy atom. The Labute approximate surface area is 194 Å². The van der Waals surface area contributed by atoms with Crippen LogP contribution in [0.3, 0.4) is 0 Å². The maximum Gasteiger partial charge on any atom is 0.306 e. The summed E-state index contributed by atoms with van der Waals surface area (Å²) < 4.78 is 0. The molecule has 0 radical (unpaired) electrons. The topological polar surface area (TPSA) is 77.8 Å². The number of aliphatic hydroxyl groups is 2. The number of hydrogen-bond donors (Lipinski definition) is 3. The quantitative estimate of drug-likeness (QED) is 0.307. The van der Waals surface area contributed by atoms with Crippen molar-refractivity contribution in [2.24, 2.45) is 17.8 Å². The van der Waals surface area contributed by atoms with Gasteiger partial charge in [-0.1, -0.05) is 43.7 Å². The highest BCUT2D eigenvalue weighted by Gasteiger charge is 2.44. The molecule has 1 saturated carbocycles. The maximum atomic E-state index is 11.4. The number of aliphatic hydroxyl groups excluding tert-OH is 2. The summed E-state index contributed by atoms with van der Waals surface area (Å²) in [4.78, 5) is 12.6. The summed E-state index contributed by atoms with van der Waals surface area (Å²) >= 11 is 3.61. The van der Waals surface area contributed by atoms with Gasteiger partial charge in [-0.2, -0.15) is 11.8 Å². The fourth-order valence-corrected chi connectivity index (χ4v) is 7.64. The maximum absolute atomic E-state index is 11.4. The number of thioether (sulfide) groups is 2. The minimum atomic E-state index is -0.661. The van der Waals surface area contributed by atoms with Gasteiger partial charge in [-0.3, -0.25) is 4.79 Å². The van der Waals surface area contributed by atoms with Crippen LogP contribution in [0.2, 0.25) is 0 Å². The Morgan fingerprint density at radius 3 is 2.74 bits per heavy atom. The van der Waals surface area contributed by atoms with E-state index in [9.17, 15) is 20.1 Å².